The fraction of sp³-hybridized carbons (Fsp3) is 0.571. The van der Waals surface area contributed by atoms with Crippen LogP contribution < -0.4 is 0 Å². The molecule has 0 aliphatic carbocycles. The van der Waals surface area contributed by atoms with Crippen molar-refractivity contribution in [2.75, 3.05) is 13.1 Å². The largest absolute Gasteiger partial charge is 0.461 e. The van der Waals surface area contributed by atoms with E-state index < -0.39 is 17.3 Å². The molecule has 0 spiro atoms. The molecule has 1 aliphatic rings. The summed E-state index contributed by atoms with van der Waals surface area (Å²) >= 11 is 0. The third-order valence-corrected chi connectivity index (χ3v) is 4.02. The molecule has 1 saturated heterocycles. The summed E-state index contributed by atoms with van der Waals surface area (Å²) in [6, 6.07) is 3.03. The maximum atomic E-state index is 12.1. The molecule has 19 heavy (non-hydrogen) atoms. The highest BCUT2D eigenvalue weighted by molar-refractivity contribution is 6.42. The molecular formula is C14H19NO4. The molecule has 0 aromatic carbocycles. The van der Waals surface area contributed by atoms with E-state index in [9.17, 15) is 14.7 Å². The van der Waals surface area contributed by atoms with Crippen LogP contribution in [0.1, 0.15) is 31.3 Å². The minimum absolute atomic E-state index is 0.0269. The van der Waals surface area contributed by atoms with Crippen molar-refractivity contribution in [2.45, 2.75) is 26.4 Å². The van der Waals surface area contributed by atoms with Crippen LogP contribution in [0.4, 0.5) is 0 Å². The van der Waals surface area contributed by atoms with Crippen molar-refractivity contribution < 1.29 is 19.1 Å². The quantitative estimate of drug-likeness (QED) is 0.661. The number of amides is 1. The van der Waals surface area contributed by atoms with Crippen LogP contribution in [0.2, 0.25) is 0 Å². The van der Waals surface area contributed by atoms with Gasteiger partial charge in [0.1, 0.15) is 0 Å². The molecule has 2 atom stereocenters. The highest BCUT2D eigenvalue weighted by Gasteiger charge is 2.47. The number of furan rings is 1. The van der Waals surface area contributed by atoms with Crippen LogP contribution in [-0.4, -0.2) is 40.4 Å². The van der Waals surface area contributed by atoms with Crippen LogP contribution in [0.3, 0.4) is 0 Å². The van der Waals surface area contributed by atoms with Gasteiger partial charge >= 0.3 is 0 Å². The molecule has 1 aromatic rings. The molecule has 2 rings (SSSR count). The molecule has 1 aliphatic heterocycles. The van der Waals surface area contributed by atoms with Crippen molar-refractivity contribution in [3.05, 3.63) is 24.2 Å². The molecule has 1 fully saturated rings. The number of nitrogens with zero attached hydrogens (tertiary/aromatic N) is 1. The van der Waals surface area contributed by atoms with Crippen LogP contribution in [0, 0.1) is 11.8 Å². The predicted molar refractivity (Wildman–Crippen MR) is 68.6 cm³/mol. The molecule has 1 N–H and O–H groups in total. The molecule has 2 heterocycles. The summed E-state index contributed by atoms with van der Waals surface area (Å²) in [5.41, 5.74) is -0.931. The van der Waals surface area contributed by atoms with Gasteiger partial charge in [0.25, 0.3) is 11.7 Å². The van der Waals surface area contributed by atoms with Crippen molar-refractivity contribution in [2.24, 2.45) is 11.8 Å². The van der Waals surface area contributed by atoms with E-state index in [2.05, 4.69) is 0 Å². The van der Waals surface area contributed by atoms with E-state index in [1.165, 1.54) is 17.2 Å². The number of β-amino-alcohol motifs (C(OH)–C–C–N with tert-alkyl or cyclic N) is 1. The second-order valence-corrected chi connectivity index (χ2v) is 5.54. The van der Waals surface area contributed by atoms with E-state index in [0.717, 1.165) is 0 Å². The number of hydrogen-bond donors (Lipinski definition) is 1. The number of hydrogen-bond acceptors (Lipinski definition) is 4. The van der Waals surface area contributed by atoms with Gasteiger partial charge in [0.2, 0.25) is 0 Å². The van der Waals surface area contributed by atoms with E-state index in [1.54, 1.807) is 6.07 Å². The van der Waals surface area contributed by atoms with Gasteiger partial charge in [-0.15, -0.1) is 0 Å². The van der Waals surface area contributed by atoms with E-state index in [1.807, 2.05) is 20.8 Å². The first-order valence-corrected chi connectivity index (χ1v) is 6.45. The molecule has 5 heteroatoms. The maximum absolute atomic E-state index is 12.1. The lowest BCUT2D eigenvalue weighted by Gasteiger charge is -2.30. The second kappa shape index (κ2) is 4.81. The Balaban J connectivity index is 2.13. The smallest absolute Gasteiger partial charge is 0.298 e. The van der Waals surface area contributed by atoms with Crippen molar-refractivity contribution in [3.63, 3.8) is 0 Å². The van der Waals surface area contributed by atoms with Gasteiger partial charge in [0.05, 0.1) is 18.4 Å². The van der Waals surface area contributed by atoms with E-state index in [4.69, 9.17) is 4.42 Å². The summed E-state index contributed by atoms with van der Waals surface area (Å²) in [5.74, 6) is -1.26. The zero-order valence-electron chi connectivity index (χ0n) is 11.4. The Bertz CT molecular complexity index is 480. The third-order valence-electron chi connectivity index (χ3n) is 4.02. The predicted octanol–water partition coefficient (Wildman–Crippen LogP) is 1.33. The van der Waals surface area contributed by atoms with Crippen molar-refractivity contribution in [3.8, 4) is 0 Å². The maximum Gasteiger partial charge on any atom is 0.298 e. The number of ketones is 1. The molecular weight excluding hydrogens is 246 g/mol. The molecule has 5 nitrogen and oxygen atoms in total. The molecule has 1 aromatic heterocycles. The Labute approximate surface area is 112 Å². The summed E-state index contributed by atoms with van der Waals surface area (Å²) in [6.07, 6.45) is 1.36. The van der Waals surface area contributed by atoms with Crippen LogP contribution in [0.15, 0.2) is 22.8 Å². The lowest BCUT2D eigenvalue weighted by Crippen LogP contribution is -2.44. The van der Waals surface area contributed by atoms with Crippen LogP contribution >= 0.6 is 0 Å². The van der Waals surface area contributed by atoms with Gasteiger partial charge in [-0.1, -0.05) is 20.8 Å². The number of Topliss-reactive ketones (excluding diaryl/α,β-unsaturated/α-hetero) is 1. The van der Waals surface area contributed by atoms with Crippen molar-refractivity contribution in [1.82, 2.24) is 4.90 Å². The highest BCUT2D eigenvalue weighted by atomic mass is 16.3. The Hall–Kier alpha value is -1.62. The minimum atomic E-state index is -0.931. The monoisotopic (exact) mass is 265 g/mol. The number of rotatable bonds is 3. The fourth-order valence-electron chi connectivity index (χ4n) is 2.58. The van der Waals surface area contributed by atoms with Crippen LogP contribution in [-0.2, 0) is 4.79 Å². The summed E-state index contributed by atoms with van der Waals surface area (Å²) in [7, 11) is 0. The Morgan fingerprint density at radius 2 is 2.21 bits per heavy atom. The summed E-state index contributed by atoms with van der Waals surface area (Å²) in [4.78, 5) is 25.4. The lowest BCUT2D eigenvalue weighted by molar-refractivity contribution is -0.126. The van der Waals surface area contributed by atoms with Gasteiger partial charge in [0, 0.05) is 12.5 Å². The normalized spacial score (nSPS) is 27.0. The van der Waals surface area contributed by atoms with E-state index in [0.29, 0.717) is 6.54 Å². The number of likely N-dealkylation sites (tertiary alicyclic amines) is 1. The average Bonchev–Trinajstić information content (AvgIpc) is 2.97. The first kappa shape index (κ1) is 13.8. The van der Waals surface area contributed by atoms with Crippen molar-refractivity contribution in [1.29, 1.82) is 0 Å². The molecule has 0 bridgehead atoms. The van der Waals surface area contributed by atoms with Gasteiger partial charge in [-0.2, -0.15) is 0 Å². The topological polar surface area (TPSA) is 70.8 Å². The van der Waals surface area contributed by atoms with Gasteiger partial charge in [-0.25, -0.2) is 0 Å². The first-order chi connectivity index (χ1) is 8.86. The van der Waals surface area contributed by atoms with Gasteiger partial charge in [-0.05, 0) is 18.1 Å². The molecule has 104 valence electrons. The zero-order chi connectivity index (χ0) is 14.2. The summed E-state index contributed by atoms with van der Waals surface area (Å²) in [5, 5.41) is 10.5. The first-order valence-electron chi connectivity index (χ1n) is 6.45. The molecule has 0 radical (unpaired) electrons. The van der Waals surface area contributed by atoms with E-state index >= 15 is 0 Å². The van der Waals surface area contributed by atoms with Crippen LogP contribution in [0.5, 0.6) is 0 Å². The molecule has 0 unspecified atom stereocenters. The Morgan fingerprint density at radius 1 is 1.53 bits per heavy atom. The zero-order valence-corrected chi connectivity index (χ0v) is 11.4. The summed E-state index contributed by atoms with van der Waals surface area (Å²) < 4.78 is 4.94. The number of carbonyl (C=O) groups excluding carboxylic acids is 2. The molecule has 1 amide bonds. The number of carbonyl (C=O) groups is 2. The lowest BCUT2D eigenvalue weighted by atomic mass is 9.82. The van der Waals surface area contributed by atoms with Crippen molar-refractivity contribution >= 4 is 11.7 Å². The second-order valence-electron chi connectivity index (χ2n) is 5.54. The SMILES string of the molecule is CC(C)[C@]1(O)CN(C(=O)C(=O)c2ccco2)C[C@H]1C. The van der Waals surface area contributed by atoms with Gasteiger partial charge in [0.15, 0.2) is 5.76 Å². The minimum Gasteiger partial charge on any atom is -0.461 e. The Morgan fingerprint density at radius 3 is 2.68 bits per heavy atom. The van der Waals surface area contributed by atoms with Crippen LogP contribution in [0.25, 0.3) is 0 Å². The van der Waals surface area contributed by atoms with Gasteiger partial charge in [-0.3, -0.25) is 9.59 Å². The standard InChI is InChI=1S/C14H19NO4/c1-9(2)14(18)8-15(7-10(14)3)13(17)12(16)11-5-4-6-19-11/h4-6,9-10,18H,7-8H2,1-3H3/t10-,14-/m1/s1. The fourth-order valence-corrected chi connectivity index (χ4v) is 2.58. The number of aliphatic hydroxyl groups is 1. The summed E-state index contributed by atoms with van der Waals surface area (Å²) in [6.45, 7) is 6.30. The van der Waals surface area contributed by atoms with Gasteiger partial charge < -0.3 is 14.4 Å². The average molecular weight is 265 g/mol. The Kier molecular flexibility index (Phi) is 3.49. The highest BCUT2D eigenvalue weighted by Crippen LogP contribution is 2.34. The van der Waals surface area contributed by atoms with E-state index in [-0.39, 0.29) is 24.1 Å². The molecule has 0 saturated carbocycles. The third kappa shape index (κ3) is 2.30.